The monoisotopic (exact) mass is 1280 g/mol. The van der Waals surface area contributed by atoms with Gasteiger partial charge in [-0.25, -0.2) is 24.0 Å². The van der Waals surface area contributed by atoms with Gasteiger partial charge in [0.25, 0.3) is 5.91 Å². The Morgan fingerprint density at radius 3 is 1.96 bits per heavy atom. The van der Waals surface area contributed by atoms with Gasteiger partial charge in [-0.05, 0) is 132 Å². The molecule has 1 unspecified atom stereocenters. The number of tetrazole rings is 1. The SMILES string of the molecule is CCCc1nc(CSc2ccc(NC(=O)COc3ccc(CC(OCc4cccc(Cl)c4)C(=O)OC)cc3)c(N(C)C(=O)OC(C)(C)C)c2)c(C(=O)OCC)n1Cc1ccc(-c2ccccc2-c2nnnn2C(c2ccccc2)(c2ccccc2)c2ccccc2)cc1. The minimum Gasteiger partial charge on any atom is -0.484 e. The van der Waals surface area contributed by atoms with E-state index < -0.39 is 41.2 Å². The number of hydrogen-bond acceptors (Lipinski definition) is 14. The molecule has 2 aromatic heterocycles. The van der Waals surface area contributed by atoms with Crippen LogP contribution in [0.1, 0.15) is 96.4 Å². The van der Waals surface area contributed by atoms with Gasteiger partial charge in [0.05, 0.1) is 37.4 Å². The quantitative estimate of drug-likeness (QED) is 0.0233. The smallest absolute Gasteiger partial charge is 0.414 e. The van der Waals surface area contributed by atoms with Crippen molar-refractivity contribution in [2.45, 2.75) is 94.9 Å². The van der Waals surface area contributed by atoms with Crippen molar-refractivity contribution in [3.05, 3.63) is 262 Å². The molecule has 0 aliphatic rings. The molecular weight excluding hydrogens is 1210 g/mol. The fourth-order valence-corrected chi connectivity index (χ4v) is 12.1. The highest BCUT2D eigenvalue weighted by Crippen LogP contribution is 2.44. The third kappa shape index (κ3) is 15.9. The number of imidazole rings is 1. The number of carbonyl (C=O) groups is 4. The van der Waals surface area contributed by atoms with E-state index in [1.165, 1.54) is 23.8 Å². The van der Waals surface area contributed by atoms with Crippen LogP contribution in [-0.4, -0.2) is 92.8 Å². The van der Waals surface area contributed by atoms with Crippen LogP contribution in [0.3, 0.4) is 0 Å². The van der Waals surface area contributed by atoms with Crippen molar-refractivity contribution in [3.63, 3.8) is 0 Å². The first-order valence-electron chi connectivity index (χ1n) is 30.6. The molecule has 0 saturated carbocycles. The Kier molecular flexibility index (Phi) is 21.7. The van der Waals surface area contributed by atoms with Gasteiger partial charge in [-0.3, -0.25) is 9.69 Å². The number of nitrogens with zero attached hydrogens (tertiary/aromatic N) is 7. The topological polar surface area (TPSA) is 191 Å². The minimum absolute atomic E-state index is 0.159. The number of hydrogen-bond donors (Lipinski definition) is 1. The Hall–Kier alpha value is -9.88. The van der Waals surface area contributed by atoms with Crippen LogP contribution in [0.2, 0.25) is 5.02 Å². The summed E-state index contributed by atoms with van der Waals surface area (Å²) in [5, 5.41) is 17.4. The number of amides is 2. The predicted molar refractivity (Wildman–Crippen MR) is 362 cm³/mol. The number of ether oxygens (including phenoxy) is 5. The van der Waals surface area contributed by atoms with Crippen LogP contribution in [0.5, 0.6) is 5.75 Å². The second-order valence-corrected chi connectivity index (χ2v) is 24.5. The maximum Gasteiger partial charge on any atom is 0.414 e. The van der Waals surface area contributed by atoms with E-state index >= 15 is 0 Å². The highest BCUT2D eigenvalue weighted by atomic mass is 35.5. The van der Waals surface area contributed by atoms with Gasteiger partial charge in [-0.1, -0.05) is 182 Å². The Balaban J connectivity index is 0.876. The highest BCUT2D eigenvalue weighted by molar-refractivity contribution is 7.98. The Bertz CT molecular complexity index is 4080. The van der Waals surface area contributed by atoms with Gasteiger partial charge in [0.2, 0.25) is 0 Å². The molecule has 0 aliphatic heterocycles. The van der Waals surface area contributed by atoms with Crippen molar-refractivity contribution in [3.8, 4) is 28.3 Å². The molecule has 19 heteroatoms. The van der Waals surface area contributed by atoms with Crippen molar-refractivity contribution < 1.29 is 42.9 Å². The zero-order valence-electron chi connectivity index (χ0n) is 53.0. The van der Waals surface area contributed by atoms with Gasteiger partial charge < -0.3 is 33.6 Å². The number of benzene rings is 8. The molecule has 2 amide bonds. The Labute approximate surface area is 551 Å². The van der Waals surface area contributed by atoms with Crippen LogP contribution in [0.25, 0.3) is 22.5 Å². The average Bonchev–Trinajstić information content (AvgIpc) is 1.72. The summed E-state index contributed by atoms with van der Waals surface area (Å²) in [6, 6.07) is 66.8. The first-order chi connectivity index (χ1) is 45.1. The van der Waals surface area contributed by atoms with Gasteiger partial charge in [0.15, 0.2) is 24.2 Å². The third-order valence-corrected chi connectivity index (χ3v) is 16.6. The number of nitrogens with one attached hydrogen (secondary N) is 1. The molecular formula is C74H73ClN8O9S. The maximum atomic E-state index is 14.2. The lowest BCUT2D eigenvalue weighted by molar-refractivity contribution is -0.154. The summed E-state index contributed by atoms with van der Waals surface area (Å²) in [5.41, 5.74) is 8.02. The molecule has 10 rings (SSSR count). The maximum absolute atomic E-state index is 14.2. The molecule has 0 spiro atoms. The Morgan fingerprint density at radius 1 is 0.710 bits per heavy atom. The number of aryl methyl sites for hydroxylation is 1. The van der Waals surface area contributed by atoms with Crippen LogP contribution in [0, 0.1) is 0 Å². The molecule has 0 fully saturated rings. The van der Waals surface area contributed by atoms with E-state index in [1.54, 1.807) is 83.3 Å². The zero-order valence-corrected chi connectivity index (χ0v) is 54.5. The van der Waals surface area contributed by atoms with Crippen LogP contribution < -0.4 is 15.0 Å². The van der Waals surface area contributed by atoms with E-state index in [9.17, 15) is 19.2 Å². The van der Waals surface area contributed by atoms with Crippen LogP contribution in [0.15, 0.2) is 211 Å². The van der Waals surface area contributed by atoms with Gasteiger partial charge >= 0.3 is 18.0 Å². The van der Waals surface area contributed by atoms with E-state index in [2.05, 4.69) is 84.2 Å². The largest absolute Gasteiger partial charge is 0.484 e. The first-order valence-corrected chi connectivity index (χ1v) is 32.0. The summed E-state index contributed by atoms with van der Waals surface area (Å²) in [4.78, 5) is 61.4. The molecule has 93 heavy (non-hydrogen) atoms. The first kappa shape index (κ1) is 66.1. The number of rotatable bonds is 26. The van der Waals surface area contributed by atoms with E-state index in [0.29, 0.717) is 52.3 Å². The van der Waals surface area contributed by atoms with Crippen LogP contribution in [0.4, 0.5) is 16.2 Å². The number of carbonyl (C=O) groups excluding carboxylic acids is 4. The van der Waals surface area contributed by atoms with E-state index in [-0.39, 0.29) is 32.0 Å². The summed E-state index contributed by atoms with van der Waals surface area (Å²) >= 11 is 7.56. The molecule has 10 aromatic rings. The molecule has 17 nitrogen and oxygen atoms in total. The number of aromatic nitrogens is 6. The molecule has 8 aromatic carbocycles. The van der Waals surface area contributed by atoms with Crippen LogP contribution in [-0.2, 0) is 65.8 Å². The molecule has 476 valence electrons. The van der Waals surface area contributed by atoms with Crippen molar-refractivity contribution in [1.29, 1.82) is 0 Å². The normalized spacial score (nSPS) is 11.8. The lowest BCUT2D eigenvalue weighted by Gasteiger charge is -2.36. The van der Waals surface area contributed by atoms with Crippen LogP contribution >= 0.6 is 23.4 Å². The predicted octanol–water partition coefficient (Wildman–Crippen LogP) is 14.9. The fraction of sp³-hybridized carbons (Fsp3) is 0.243. The summed E-state index contributed by atoms with van der Waals surface area (Å²) in [7, 11) is 2.88. The van der Waals surface area contributed by atoms with Crippen molar-refractivity contribution >= 4 is 58.7 Å². The Morgan fingerprint density at radius 2 is 1.34 bits per heavy atom. The molecule has 2 heterocycles. The number of thioether (sulfide) groups is 1. The standard InChI is InChI=1S/C74H73ClN8O9S/c1-8-22-66-76-63(49-93-59-41-42-62(64(45-59)81(6)72(87)92-73(3,4)5)77-67(84)48-90-58-39-35-50(36-40-58)44-65(70(85)88-7)91-47-52-23-21-30-57(75)43-52)68(71(86)89-9-2)82(66)46-51-33-37-53(38-34-51)60-31-19-20-32-61(60)69-78-79-80-83(69)74(54-24-13-10-14-25-54,55-26-15-11-16-27-55)56-28-17-12-18-29-56/h10-21,23-43,45,65H,8-9,22,44,46-49H2,1-7H3,(H,77,84). The number of methoxy groups -OCH3 is 1. The summed E-state index contributed by atoms with van der Waals surface area (Å²) in [6.07, 6.45) is 0.0874. The molecule has 0 bridgehead atoms. The molecule has 0 radical (unpaired) electrons. The minimum atomic E-state index is -0.950. The average molecular weight is 1290 g/mol. The van der Waals surface area contributed by atoms with Gasteiger partial charge in [-0.15, -0.1) is 16.9 Å². The second kappa shape index (κ2) is 30.5. The van der Waals surface area contributed by atoms with E-state index in [4.69, 9.17) is 50.6 Å². The van der Waals surface area contributed by atoms with Crippen molar-refractivity contribution in [2.75, 3.05) is 37.6 Å². The fourth-order valence-electron chi connectivity index (χ4n) is 11.1. The molecule has 0 saturated heterocycles. The second-order valence-electron chi connectivity index (χ2n) is 23.0. The number of halogens is 1. The third-order valence-electron chi connectivity index (χ3n) is 15.4. The number of esters is 2. The summed E-state index contributed by atoms with van der Waals surface area (Å²) in [6.45, 7) is 9.47. The number of anilines is 2. The van der Waals surface area contributed by atoms with Gasteiger partial charge in [0.1, 0.15) is 22.7 Å². The molecule has 1 atom stereocenters. The lowest BCUT2D eigenvalue weighted by Crippen LogP contribution is -2.39. The van der Waals surface area contributed by atoms with E-state index in [1.807, 2.05) is 100 Å². The summed E-state index contributed by atoms with van der Waals surface area (Å²) in [5.74, 6) is 0.496. The van der Waals surface area contributed by atoms with Gasteiger partial charge in [0, 0.05) is 47.7 Å². The van der Waals surface area contributed by atoms with E-state index in [0.717, 1.165) is 67.2 Å². The van der Waals surface area contributed by atoms with Crippen molar-refractivity contribution in [2.24, 2.45) is 0 Å². The summed E-state index contributed by atoms with van der Waals surface area (Å²) < 4.78 is 32.3. The van der Waals surface area contributed by atoms with Gasteiger partial charge in [-0.2, -0.15) is 0 Å². The lowest BCUT2D eigenvalue weighted by atomic mass is 9.77. The zero-order chi connectivity index (χ0) is 65.5. The molecule has 1 N–H and O–H groups in total. The molecule has 0 aliphatic carbocycles. The highest BCUT2D eigenvalue weighted by Gasteiger charge is 2.42. The van der Waals surface area contributed by atoms with Crippen molar-refractivity contribution in [1.82, 2.24) is 29.8 Å².